The molecule has 0 bridgehead atoms. The first-order valence-electron chi connectivity index (χ1n) is 8.48. The molecule has 0 spiro atoms. The van der Waals surface area contributed by atoms with Gasteiger partial charge in [0.05, 0.1) is 0 Å². The van der Waals surface area contributed by atoms with Crippen LogP contribution in [0.2, 0.25) is 0 Å². The predicted octanol–water partition coefficient (Wildman–Crippen LogP) is 2.31. The Morgan fingerprint density at radius 2 is 1.79 bits per heavy atom. The minimum absolute atomic E-state index is 0.748. The van der Waals surface area contributed by atoms with Crippen molar-refractivity contribution in [1.82, 2.24) is 9.80 Å². The highest BCUT2D eigenvalue weighted by atomic mass is 15.3. The summed E-state index contributed by atoms with van der Waals surface area (Å²) in [5, 5.41) is 0. The van der Waals surface area contributed by atoms with Crippen LogP contribution in [0.5, 0.6) is 0 Å². The average Bonchev–Trinajstić information content (AvgIpc) is 2.78. The van der Waals surface area contributed by atoms with Crippen LogP contribution in [0.25, 0.3) is 0 Å². The Hall–Kier alpha value is -0.120. The van der Waals surface area contributed by atoms with E-state index < -0.39 is 0 Å². The molecular weight excluding hydrogens is 234 g/mol. The number of nitrogens with two attached hydrogens (primary N) is 1. The molecule has 2 rings (SSSR count). The Morgan fingerprint density at radius 3 is 2.47 bits per heavy atom. The first-order valence-corrected chi connectivity index (χ1v) is 8.48. The molecule has 2 N–H and O–H groups in total. The first-order chi connectivity index (χ1) is 9.30. The maximum atomic E-state index is 6.04. The summed E-state index contributed by atoms with van der Waals surface area (Å²) >= 11 is 0. The van der Waals surface area contributed by atoms with E-state index in [0.29, 0.717) is 0 Å². The quantitative estimate of drug-likeness (QED) is 0.776. The van der Waals surface area contributed by atoms with Crippen molar-refractivity contribution in [3.63, 3.8) is 0 Å². The fraction of sp³-hybridized carbons (Fsp3) is 1.00. The zero-order valence-electron chi connectivity index (χ0n) is 13.0. The van der Waals surface area contributed by atoms with Gasteiger partial charge < -0.3 is 5.73 Å². The van der Waals surface area contributed by atoms with Crippen LogP contribution in [0, 0.1) is 5.92 Å². The molecule has 1 saturated heterocycles. The van der Waals surface area contributed by atoms with Crippen molar-refractivity contribution in [1.29, 1.82) is 0 Å². The molecule has 0 amide bonds. The Bertz CT molecular complexity index is 252. The lowest BCUT2D eigenvalue weighted by Crippen LogP contribution is -2.44. The molecule has 3 heteroatoms. The van der Waals surface area contributed by atoms with Crippen LogP contribution in [0.3, 0.4) is 0 Å². The van der Waals surface area contributed by atoms with E-state index in [0.717, 1.165) is 24.5 Å². The number of hydrogen-bond donors (Lipinski definition) is 1. The van der Waals surface area contributed by atoms with Crippen LogP contribution in [0.4, 0.5) is 0 Å². The smallest absolute Gasteiger partial charge is 0.0235 e. The zero-order chi connectivity index (χ0) is 13.7. The second-order valence-corrected chi connectivity index (χ2v) is 6.36. The van der Waals surface area contributed by atoms with E-state index in [1.807, 2.05) is 0 Å². The van der Waals surface area contributed by atoms with Crippen LogP contribution in [-0.2, 0) is 0 Å². The Kier molecular flexibility index (Phi) is 6.11. The topological polar surface area (TPSA) is 32.5 Å². The lowest BCUT2D eigenvalue weighted by molar-refractivity contribution is 0.145. The summed E-state index contributed by atoms with van der Waals surface area (Å²) in [5.74, 6) is 0.748. The minimum atomic E-state index is 0.748. The van der Waals surface area contributed by atoms with Crippen molar-refractivity contribution in [3.8, 4) is 0 Å². The van der Waals surface area contributed by atoms with Crippen molar-refractivity contribution in [3.05, 3.63) is 0 Å². The molecule has 3 nitrogen and oxygen atoms in total. The SMILES string of the molecule is CCN(CC)C1CCN(C2CCCCCC2CN)C1. The fourth-order valence-corrected chi connectivity index (χ4v) is 4.23. The lowest BCUT2D eigenvalue weighted by Gasteiger charge is -2.34. The maximum absolute atomic E-state index is 6.04. The molecule has 0 aromatic carbocycles. The van der Waals surface area contributed by atoms with Gasteiger partial charge in [0.2, 0.25) is 0 Å². The van der Waals surface area contributed by atoms with Gasteiger partial charge in [-0.1, -0.05) is 33.1 Å². The fourth-order valence-electron chi connectivity index (χ4n) is 4.23. The van der Waals surface area contributed by atoms with E-state index in [2.05, 4.69) is 23.6 Å². The second kappa shape index (κ2) is 7.61. The molecule has 2 aliphatic rings. The van der Waals surface area contributed by atoms with Crippen molar-refractivity contribution in [2.75, 3.05) is 32.7 Å². The number of likely N-dealkylation sites (N-methyl/N-ethyl adjacent to an activating group) is 1. The highest BCUT2D eigenvalue weighted by molar-refractivity contribution is 4.90. The van der Waals surface area contributed by atoms with Crippen LogP contribution in [0.1, 0.15) is 52.4 Å². The van der Waals surface area contributed by atoms with Crippen LogP contribution in [-0.4, -0.2) is 54.6 Å². The highest BCUT2D eigenvalue weighted by Crippen LogP contribution is 2.30. The summed E-state index contributed by atoms with van der Waals surface area (Å²) in [5.41, 5.74) is 6.04. The van der Waals surface area contributed by atoms with E-state index in [-0.39, 0.29) is 0 Å². The average molecular weight is 267 g/mol. The largest absolute Gasteiger partial charge is 0.330 e. The minimum Gasteiger partial charge on any atom is -0.330 e. The Balaban J connectivity index is 1.94. The van der Waals surface area contributed by atoms with Crippen molar-refractivity contribution >= 4 is 0 Å². The molecule has 0 radical (unpaired) electrons. The van der Waals surface area contributed by atoms with E-state index in [4.69, 9.17) is 5.73 Å². The monoisotopic (exact) mass is 267 g/mol. The maximum Gasteiger partial charge on any atom is 0.0235 e. The molecule has 0 aromatic rings. The standard InChI is InChI=1S/C16H33N3/c1-3-18(4-2)15-10-11-19(13-15)16-9-7-5-6-8-14(16)12-17/h14-16H,3-13,17H2,1-2H3. The molecule has 0 aromatic heterocycles. The van der Waals surface area contributed by atoms with Gasteiger partial charge in [-0.15, -0.1) is 0 Å². The molecule has 3 unspecified atom stereocenters. The van der Waals surface area contributed by atoms with Crippen LogP contribution in [0.15, 0.2) is 0 Å². The Labute approximate surface area is 119 Å². The van der Waals surface area contributed by atoms with Gasteiger partial charge in [0, 0.05) is 25.2 Å². The summed E-state index contributed by atoms with van der Waals surface area (Å²) < 4.78 is 0. The molecule has 3 atom stereocenters. The van der Waals surface area contributed by atoms with Gasteiger partial charge in [0.25, 0.3) is 0 Å². The summed E-state index contributed by atoms with van der Waals surface area (Å²) in [6.07, 6.45) is 8.31. The van der Waals surface area contributed by atoms with E-state index in [1.54, 1.807) is 0 Å². The molecule has 112 valence electrons. The normalized spacial score (nSPS) is 33.8. The first kappa shape index (κ1) is 15.3. The Morgan fingerprint density at radius 1 is 1.05 bits per heavy atom. The second-order valence-electron chi connectivity index (χ2n) is 6.36. The number of nitrogens with zero attached hydrogens (tertiary/aromatic N) is 2. The molecule has 1 aliphatic carbocycles. The van der Waals surface area contributed by atoms with Gasteiger partial charge in [-0.2, -0.15) is 0 Å². The third-order valence-corrected chi connectivity index (χ3v) is 5.41. The summed E-state index contributed by atoms with van der Waals surface area (Å²) in [6.45, 7) is 10.4. The lowest BCUT2D eigenvalue weighted by atomic mass is 9.94. The number of likely N-dealkylation sites (tertiary alicyclic amines) is 1. The van der Waals surface area contributed by atoms with Gasteiger partial charge >= 0.3 is 0 Å². The molecule has 1 saturated carbocycles. The van der Waals surface area contributed by atoms with Crippen molar-refractivity contribution in [2.24, 2.45) is 11.7 Å². The third kappa shape index (κ3) is 3.71. The van der Waals surface area contributed by atoms with Gasteiger partial charge in [0.1, 0.15) is 0 Å². The van der Waals surface area contributed by atoms with E-state index >= 15 is 0 Å². The number of hydrogen-bond acceptors (Lipinski definition) is 3. The predicted molar refractivity (Wildman–Crippen MR) is 82.3 cm³/mol. The van der Waals surface area contributed by atoms with Gasteiger partial charge in [-0.25, -0.2) is 0 Å². The highest BCUT2D eigenvalue weighted by Gasteiger charge is 2.34. The molecular formula is C16H33N3. The van der Waals surface area contributed by atoms with E-state index in [1.165, 1.54) is 64.7 Å². The van der Waals surface area contributed by atoms with E-state index in [9.17, 15) is 0 Å². The number of rotatable bonds is 5. The van der Waals surface area contributed by atoms with Crippen LogP contribution < -0.4 is 5.73 Å². The molecule has 1 aliphatic heterocycles. The third-order valence-electron chi connectivity index (χ3n) is 5.41. The van der Waals surface area contributed by atoms with Crippen molar-refractivity contribution < 1.29 is 0 Å². The molecule has 2 fully saturated rings. The van der Waals surface area contributed by atoms with Gasteiger partial charge in [-0.05, 0) is 44.8 Å². The molecule has 1 heterocycles. The summed E-state index contributed by atoms with van der Waals surface area (Å²) in [6, 6.07) is 1.56. The van der Waals surface area contributed by atoms with Crippen molar-refractivity contribution in [2.45, 2.75) is 64.5 Å². The zero-order valence-corrected chi connectivity index (χ0v) is 13.0. The summed E-state index contributed by atoms with van der Waals surface area (Å²) in [7, 11) is 0. The van der Waals surface area contributed by atoms with Gasteiger partial charge in [0.15, 0.2) is 0 Å². The summed E-state index contributed by atoms with van der Waals surface area (Å²) in [4.78, 5) is 5.40. The van der Waals surface area contributed by atoms with Crippen LogP contribution >= 0.6 is 0 Å². The molecule has 19 heavy (non-hydrogen) atoms. The van der Waals surface area contributed by atoms with Gasteiger partial charge in [-0.3, -0.25) is 9.80 Å².